The lowest BCUT2D eigenvalue weighted by atomic mass is 9.84. The molecule has 1 aliphatic rings. The normalized spacial score (nSPS) is 17.5. The molecule has 0 aromatic carbocycles. The molecule has 1 atom stereocenters. The van der Waals surface area contributed by atoms with Gasteiger partial charge in [-0.25, -0.2) is 0 Å². The molecule has 1 fully saturated rings. The van der Waals surface area contributed by atoms with Crippen molar-refractivity contribution in [2.24, 2.45) is 11.7 Å². The summed E-state index contributed by atoms with van der Waals surface area (Å²) in [6.07, 6.45) is 7.48. The molecule has 1 unspecified atom stereocenters. The highest BCUT2D eigenvalue weighted by atomic mass is 16.2. The Hall–Kier alpha value is -1.10. The first-order valence-electron chi connectivity index (χ1n) is 7.93. The van der Waals surface area contributed by atoms with Crippen LogP contribution in [0.5, 0.6) is 0 Å². The van der Waals surface area contributed by atoms with E-state index in [4.69, 9.17) is 5.73 Å². The van der Waals surface area contributed by atoms with Gasteiger partial charge in [0, 0.05) is 32.0 Å². The van der Waals surface area contributed by atoms with Crippen molar-refractivity contribution in [1.29, 1.82) is 0 Å². The first kappa shape index (κ1) is 17.0. The quantitative estimate of drug-likeness (QED) is 0.628. The van der Waals surface area contributed by atoms with Crippen molar-refractivity contribution in [2.45, 2.75) is 64.3 Å². The standard InChI is InChI=1S/C15H29N3O2/c1-2-10-17-14(19)8-9-15(20)18-13(11-16)12-6-4-3-5-7-12/h12-13H,2-11,16H2,1H3,(H,17,19)(H,18,20). The highest BCUT2D eigenvalue weighted by Gasteiger charge is 2.23. The van der Waals surface area contributed by atoms with E-state index in [0.29, 0.717) is 19.0 Å². The maximum absolute atomic E-state index is 11.9. The Morgan fingerprint density at radius 2 is 1.80 bits per heavy atom. The third-order valence-corrected chi connectivity index (χ3v) is 3.97. The molecule has 0 spiro atoms. The molecular formula is C15H29N3O2. The Kier molecular flexibility index (Phi) is 8.26. The molecule has 5 nitrogen and oxygen atoms in total. The number of amides is 2. The summed E-state index contributed by atoms with van der Waals surface area (Å²) < 4.78 is 0. The van der Waals surface area contributed by atoms with Gasteiger partial charge in [0.2, 0.25) is 11.8 Å². The number of hydrogen-bond donors (Lipinski definition) is 3. The Labute approximate surface area is 122 Å². The second-order valence-corrected chi connectivity index (χ2v) is 5.66. The van der Waals surface area contributed by atoms with Crippen LogP contribution >= 0.6 is 0 Å². The highest BCUT2D eigenvalue weighted by Crippen LogP contribution is 2.26. The predicted molar refractivity (Wildman–Crippen MR) is 80.1 cm³/mol. The van der Waals surface area contributed by atoms with E-state index >= 15 is 0 Å². The summed E-state index contributed by atoms with van der Waals surface area (Å²) in [5.41, 5.74) is 5.78. The molecule has 0 aromatic rings. The number of rotatable bonds is 8. The minimum atomic E-state index is -0.0577. The van der Waals surface area contributed by atoms with E-state index in [1.54, 1.807) is 0 Å². The lowest BCUT2D eigenvalue weighted by molar-refractivity contribution is -0.127. The molecule has 0 radical (unpaired) electrons. The van der Waals surface area contributed by atoms with Gasteiger partial charge in [-0.05, 0) is 25.2 Å². The van der Waals surface area contributed by atoms with Crippen LogP contribution in [-0.4, -0.2) is 30.9 Å². The van der Waals surface area contributed by atoms with Gasteiger partial charge in [-0.1, -0.05) is 26.2 Å². The maximum Gasteiger partial charge on any atom is 0.220 e. The van der Waals surface area contributed by atoms with Gasteiger partial charge in [-0.15, -0.1) is 0 Å². The fourth-order valence-electron chi connectivity index (χ4n) is 2.76. The Balaban J connectivity index is 2.26. The lowest BCUT2D eigenvalue weighted by Gasteiger charge is -2.30. The van der Waals surface area contributed by atoms with Gasteiger partial charge in [0.25, 0.3) is 0 Å². The molecule has 0 heterocycles. The summed E-state index contributed by atoms with van der Waals surface area (Å²) in [6.45, 7) is 3.16. The second kappa shape index (κ2) is 9.75. The first-order valence-corrected chi connectivity index (χ1v) is 7.93. The van der Waals surface area contributed by atoms with Gasteiger partial charge in [-0.3, -0.25) is 9.59 Å². The van der Waals surface area contributed by atoms with Crippen LogP contribution < -0.4 is 16.4 Å². The minimum absolute atomic E-state index is 0.0519. The highest BCUT2D eigenvalue weighted by molar-refractivity contribution is 5.83. The molecule has 0 saturated heterocycles. The van der Waals surface area contributed by atoms with Gasteiger partial charge in [-0.2, -0.15) is 0 Å². The summed E-state index contributed by atoms with van der Waals surface area (Å²) in [6, 6.07) is 0.0708. The number of nitrogens with two attached hydrogens (primary N) is 1. The monoisotopic (exact) mass is 283 g/mol. The van der Waals surface area contributed by atoms with E-state index in [0.717, 1.165) is 19.3 Å². The molecule has 1 saturated carbocycles. The van der Waals surface area contributed by atoms with Crippen LogP contribution in [-0.2, 0) is 9.59 Å². The van der Waals surface area contributed by atoms with Crippen molar-refractivity contribution in [1.82, 2.24) is 10.6 Å². The number of hydrogen-bond acceptors (Lipinski definition) is 3. The van der Waals surface area contributed by atoms with Crippen LogP contribution in [0.1, 0.15) is 58.3 Å². The molecule has 1 aliphatic carbocycles. The van der Waals surface area contributed by atoms with E-state index in [-0.39, 0.29) is 30.7 Å². The van der Waals surface area contributed by atoms with Crippen molar-refractivity contribution >= 4 is 11.8 Å². The van der Waals surface area contributed by atoms with Crippen molar-refractivity contribution in [3.8, 4) is 0 Å². The summed E-state index contributed by atoms with van der Waals surface area (Å²) in [4.78, 5) is 23.3. The van der Waals surface area contributed by atoms with Crippen LogP contribution in [0.15, 0.2) is 0 Å². The van der Waals surface area contributed by atoms with Crippen molar-refractivity contribution in [3.63, 3.8) is 0 Å². The van der Waals surface area contributed by atoms with Gasteiger partial charge in [0.15, 0.2) is 0 Å². The minimum Gasteiger partial charge on any atom is -0.356 e. The topological polar surface area (TPSA) is 84.2 Å². The molecular weight excluding hydrogens is 254 g/mol. The fourth-order valence-corrected chi connectivity index (χ4v) is 2.76. The molecule has 2 amide bonds. The molecule has 20 heavy (non-hydrogen) atoms. The first-order chi connectivity index (χ1) is 9.67. The molecule has 1 rings (SSSR count). The van der Waals surface area contributed by atoms with E-state index in [9.17, 15) is 9.59 Å². The molecule has 4 N–H and O–H groups in total. The summed E-state index contributed by atoms with van der Waals surface area (Å²) in [7, 11) is 0. The summed E-state index contributed by atoms with van der Waals surface area (Å²) in [5.74, 6) is 0.397. The SMILES string of the molecule is CCCNC(=O)CCC(=O)NC(CN)C1CCCCC1. The van der Waals surface area contributed by atoms with Crippen LogP contribution in [0.25, 0.3) is 0 Å². The summed E-state index contributed by atoms with van der Waals surface area (Å²) >= 11 is 0. The smallest absolute Gasteiger partial charge is 0.220 e. The average molecular weight is 283 g/mol. The van der Waals surface area contributed by atoms with Crippen LogP contribution in [0.2, 0.25) is 0 Å². The fraction of sp³-hybridized carbons (Fsp3) is 0.867. The molecule has 0 bridgehead atoms. The number of carbonyl (C=O) groups is 2. The van der Waals surface area contributed by atoms with Crippen molar-refractivity contribution in [2.75, 3.05) is 13.1 Å². The van der Waals surface area contributed by atoms with Gasteiger partial charge >= 0.3 is 0 Å². The van der Waals surface area contributed by atoms with Gasteiger partial charge < -0.3 is 16.4 Å². The Morgan fingerprint density at radius 3 is 2.40 bits per heavy atom. The predicted octanol–water partition coefficient (Wildman–Crippen LogP) is 1.32. The number of nitrogens with one attached hydrogen (secondary N) is 2. The van der Waals surface area contributed by atoms with Gasteiger partial charge in [0.1, 0.15) is 0 Å². The third kappa shape index (κ3) is 6.37. The Bertz CT molecular complexity index is 301. The van der Waals surface area contributed by atoms with E-state index in [2.05, 4.69) is 10.6 Å². The van der Waals surface area contributed by atoms with Gasteiger partial charge in [0.05, 0.1) is 0 Å². The van der Waals surface area contributed by atoms with Crippen LogP contribution in [0.3, 0.4) is 0 Å². The van der Waals surface area contributed by atoms with Crippen molar-refractivity contribution in [3.05, 3.63) is 0 Å². The Morgan fingerprint density at radius 1 is 1.15 bits per heavy atom. The molecule has 0 aliphatic heterocycles. The lowest BCUT2D eigenvalue weighted by Crippen LogP contribution is -2.46. The zero-order valence-electron chi connectivity index (χ0n) is 12.6. The van der Waals surface area contributed by atoms with Crippen molar-refractivity contribution < 1.29 is 9.59 Å². The number of carbonyl (C=O) groups excluding carboxylic acids is 2. The van der Waals surface area contributed by atoms with E-state index in [1.165, 1.54) is 19.3 Å². The largest absolute Gasteiger partial charge is 0.356 e. The zero-order chi connectivity index (χ0) is 14.8. The third-order valence-electron chi connectivity index (χ3n) is 3.97. The van der Waals surface area contributed by atoms with Crippen LogP contribution in [0, 0.1) is 5.92 Å². The van der Waals surface area contributed by atoms with Crippen LogP contribution in [0.4, 0.5) is 0 Å². The maximum atomic E-state index is 11.9. The zero-order valence-corrected chi connectivity index (χ0v) is 12.6. The second-order valence-electron chi connectivity index (χ2n) is 5.66. The average Bonchev–Trinajstić information content (AvgIpc) is 2.49. The summed E-state index contributed by atoms with van der Waals surface area (Å²) in [5, 5.41) is 5.78. The van der Waals surface area contributed by atoms with E-state index < -0.39 is 0 Å². The molecule has 5 heteroatoms. The molecule has 0 aromatic heterocycles. The van der Waals surface area contributed by atoms with E-state index in [1.807, 2.05) is 6.92 Å². The molecule has 116 valence electrons.